The van der Waals surface area contributed by atoms with Gasteiger partial charge in [0.1, 0.15) is 0 Å². The second kappa shape index (κ2) is 4.63. The molecule has 0 radical (unpaired) electrons. The van der Waals surface area contributed by atoms with E-state index in [1.165, 1.54) is 11.3 Å². The van der Waals surface area contributed by atoms with E-state index in [9.17, 15) is 4.79 Å². The molecule has 2 aromatic rings. The highest BCUT2D eigenvalue weighted by Crippen LogP contribution is 2.19. The number of carbonyl (C=O) groups is 1. The summed E-state index contributed by atoms with van der Waals surface area (Å²) in [4.78, 5) is 16.0. The molecule has 1 amide bonds. The van der Waals surface area contributed by atoms with Crippen molar-refractivity contribution >= 4 is 34.0 Å². The van der Waals surface area contributed by atoms with Gasteiger partial charge < -0.3 is 0 Å². The van der Waals surface area contributed by atoms with Gasteiger partial charge >= 0.3 is 0 Å². The average molecular weight is 253 g/mol. The minimum Gasteiger partial charge on any atom is -0.298 e. The molecule has 0 aliphatic carbocycles. The van der Waals surface area contributed by atoms with Gasteiger partial charge in [0.15, 0.2) is 5.13 Å². The van der Waals surface area contributed by atoms with Crippen LogP contribution in [0.1, 0.15) is 16.1 Å². The first-order valence-electron chi connectivity index (χ1n) is 4.65. The summed E-state index contributed by atoms with van der Waals surface area (Å²) in [5.74, 6) is -0.236. The van der Waals surface area contributed by atoms with Crippen LogP contribution in [-0.4, -0.2) is 10.9 Å². The molecule has 1 N–H and O–H groups in total. The fourth-order valence-electron chi connectivity index (χ4n) is 1.22. The molecule has 82 valence electrons. The molecule has 0 unspecified atom stereocenters. The van der Waals surface area contributed by atoms with Gasteiger partial charge in [-0.1, -0.05) is 23.7 Å². The fraction of sp³-hybridized carbons (Fsp3) is 0.0909. The predicted octanol–water partition coefficient (Wildman–Crippen LogP) is 3.36. The molecule has 0 spiro atoms. The molecule has 16 heavy (non-hydrogen) atoms. The molecule has 2 rings (SSSR count). The molecule has 0 aliphatic heterocycles. The first-order chi connectivity index (χ1) is 7.66. The Morgan fingerprint density at radius 3 is 2.81 bits per heavy atom. The first-order valence-corrected chi connectivity index (χ1v) is 5.90. The number of aromatic nitrogens is 1. The number of thiazole rings is 1. The zero-order valence-electron chi connectivity index (χ0n) is 8.53. The maximum atomic E-state index is 11.8. The van der Waals surface area contributed by atoms with Gasteiger partial charge in [-0.05, 0) is 19.1 Å². The Balaban J connectivity index is 2.18. The number of halogens is 1. The van der Waals surface area contributed by atoms with E-state index < -0.39 is 0 Å². The van der Waals surface area contributed by atoms with Crippen molar-refractivity contribution < 1.29 is 4.79 Å². The molecule has 0 bridgehead atoms. The topological polar surface area (TPSA) is 42.0 Å². The summed E-state index contributed by atoms with van der Waals surface area (Å²) in [6, 6.07) is 6.92. The number of nitrogens with one attached hydrogen (secondary N) is 1. The summed E-state index contributed by atoms with van der Waals surface area (Å²) >= 11 is 7.30. The van der Waals surface area contributed by atoms with E-state index in [2.05, 4.69) is 10.3 Å². The Bertz CT molecular complexity index is 524. The lowest BCUT2D eigenvalue weighted by molar-refractivity contribution is 0.102. The van der Waals surface area contributed by atoms with Crippen LogP contribution in [0, 0.1) is 6.92 Å². The van der Waals surface area contributed by atoms with Crippen LogP contribution in [0.3, 0.4) is 0 Å². The van der Waals surface area contributed by atoms with Crippen molar-refractivity contribution in [2.75, 3.05) is 5.32 Å². The molecular formula is C11H9ClN2OS. The lowest BCUT2D eigenvalue weighted by atomic mass is 10.2. The smallest absolute Gasteiger partial charge is 0.258 e. The van der Waals surface area contributed by atoms with Gasteiger partial charge in [0.2, 0.25) is 0 Å². The fourth-order valence-corrected chi connectivity index (χ4v) is 2.13. The summed E-state index contributed by atoms with van der Waals surface area (Å²) in [7, 11) is 0. The Morgan fingerprint density at radius 2 is 2.19 bits per heavy atom. The second-order valence-corrected chi connectivity index (χ2v) is 4.49. The third kappa shape index (κ3) is 2.40. The lowest BCUT2D eigenvalue weighted by Gasteiger charge is -2.02. The minimum atomic E-state index is -0.236. The van der Waals surface area contributed by atoms with Crippen molar-refractivity contribution in [2.45, 2.75) is 6.92 Å². The van der Waals surface area contributed by atoms with Crippen LogP contribution >= 0.6 is 22.9 Å². The van der Waals surface area contributed by atoms with E-state index in [4.69, 9.17) is 11.6 Å². The molecule has 0 fully saturated rings. The normalized spacial score (nSPS) is 10.1. The molecule has 3 nitrogen and oxygen atoms in total. The van der Waals surface area contributed by atoms with Crippen molar-refractivity contribution in [1.29, 1.82) is 0 Å². The van der Waals surface area contributed by atoms with E-state index in [0.717, 1.165) is 5.69 Å². The average Bonchev–Trinajstić information content (AvgIpc) is 2.64. The maximum Gasteiger partial charge on any atom is 0.258 e. The number of benzene rings is 1. The largest absolute Gasteiger partial charge is 0.298 e. The number of rotatable bonds is 2. The third-order valence-corrected chi connectivity index (χ3v) is 3.16. The van der Waals surface area contributed by atoms with Gasteiger partial charge in [-0.25, -0.2) is 4.98 Å². The summed E-state index contributed by atoms with van der Waals surface area (Å²) in [6.45, 7) is 1.88. The van der Waals surface area contributed by atoms with Gasteiger partial charge in [0, 0.05) is 5.38 Å². The van der Waals surface area contributed by atoms with Crippen LogP contribution in [0.2, 0.25) is 5.02 Å². The SMILES string of the molecule is Cc1csc(NC(=O)c2ccccc2Cl)n1. The molecule has 5 heteroatoms. The van der Waals surface area contributed by atoms with Crippen LogP contribution in [0.5, 0.6) is 0 Å². The Hall–Kier alpha value is -1.39. The van der Waals surface area contributed by atoms with Crippen LogP contribution in [-0.2, 0) is 0 Å². The van der Waals surface area contributed by atoms with Gasteiger partial charge in [-0.15, -0.1) is 11.3 Å². The van der Waals surface area contributed by atoms with Crippen LogP contribution in [0.15, 0.2) is 29.6 Å². The number of nitrogens with zero attached hydrogens (tertiary/aromatic N) is 1. The van der Waals surface area contributed by atoms with Gasteiger partial charge in [-0.2, -0.15) is 0 Å². The van der Waals surface area contributed by atoms with Crippen molar-refractivity contribution in [3.05, 3.63) is 45.9 Å². The highest BCUT2D eigenvalue weighted by Gasteiger charge is 2.10. The number of anilines is 1. The number of aryl methyl sites for hydroxylation is 1. The minimum absolute atomic E-state index is 0.236. The quantitative estimate of drug-likeness (QED) is 0.891. The highest BCUT2D eigenvalue weighted by atomic mass is 35.5. The zero-order chi connectivity index (χ0) is 11.5. The summed E-state index contributed by atoms with van der Waals surface area (Å²) in [5.41, 5.74) is 1.34. The number of hydrogen-bond donors (Lipinski definition) is 1. The van der Waals surface area contributed by atoms with E-state index in [1.54, 1.807) is 24.3 Å². The van der Waals surface area contributed by atoms with Crippen LogP contribution in [0.4, 0.5) is 5.13 Å². The van der Waals surface area contributed by atoms with E-state index in [1.807, 2.05) is 12.3 Å². The van der Waals surface area contributed by atoms with Crippen LogP contribution in [0.25, 0.3) is 0 Å². The first kappa shape index (κ1) is 11.1. The Labute approximate surface area is 102 Å². The summed E-state index contributed by atoms with van der Waals surface area (Å²) in [6.07, 6.45) is 0. The van der Waals surface area contributed by atoms with Crippen molar-refractivity contribution in [2.24, 2.45) is 0 Å². The predicted molar refractivity (Wildman–Crippen MR) is 66.3 cm³/mol. The standard InChI is InChI=1S/C11H9ClN2OS/c1-7-6-16-11(13-7)14-10(15)8-4-2-3-5-9(8)12/h2-6H,1H3,(H,13,14,15). The number of carbonyl (C=O) groups excluding carboxylic acids is 1. The zero-order valence-corrected chi connectivity index (χ0v) is 10.1. The van der Waals surface area contributed by atoms with Crippen LogP contribution < -0.4 is 5.32 Å². The van der Waals surface area contributed by atoms with Gasteiger partial charge in [-0.3, -0.25) is 10.1 Å². The maximum absolute atomic E-state index is 11.8. The lowest BCUT2D eigenvalue weighted by Crippen LogP contribution is -2.12. The molecule has 0 aliphatic rings. The van der Waals surface area contributed by atoms with E-state index >= 15 is 0 Å². The number of amides is 1. The molecule has 1 aromatic carbocycles. The van der Waals surface area contributed by atoms with Gasteiger partial charge in [0.05, 0.1) is 16.3 Å². The molecule has 1 aromatic heterocycles. The molecule has 0 atom stereocenters. The molecule has 0 saturated heterocycles. The third-order valence-electron chi connectivity index (χ3n) is 1.96. The molecular weight excluding hydrogens is 244 g/mol. The monoisotopic (exact) mass is 252 g/mol. The molecule has 0 saturated carbocycles. The number of hydrogen-bond acceptors (Lipinski definition) is 3. The van der Waals surface area contributed by atoms with E-state index in [0.29, 0.717) is 15.7 Å². The highest BCUT2D eigenvalue weighted by molar-refractivity contribution is 7.13. The second-order valence-electron chi connectivity index (χ2n) is 3.23. The van der Waals surface area contributed by atoms with Crippen molar-refractivity contribution in [1.82, 2.24) is 4.98 Å². The summed E-state index contributed by atoms with van der Waals surface area (Å²) < 4.78 is 0. The van der Waals surface area contributed by atoms with Crippen molar-refractivity contribution in [3.63, 3.8) is 0 Å². The van der Waals surface area contributed by atoms with E-state index in [-0.39, 0.29) is 5.91 Å². The van der Waals surface area contributed by atoms with Gasteiger partial charge in [0.25, 0.3) is 5.91 Å². The summed E-state index contributed by atoms with van der Waals surface area (Å²) in [5, 5.41) is 5.60. The molecule has 1 heterocycles. The Kier molecular flexibility index (Phi) is 3.22. The van der Waals surface area contributed by atoms with Crippen molar-refractivity contribution in [3.8, 4) is 0 Å². The Morgan fingerprint density at radius 1 is 1.44 bits per heavy atom.